The SMILES string of the molecule is CCn1c2ccccc2c2cc(NC(=O)CCc3nc(-c4ncn[nH]4)no3)ccc21. The summed E-state index contributed by atoms with van der Waals surface area (Å²) in [6.45, 7) is 3.02. The van der Waals surface area contributed by atoms with Crippen LogP contribution in [0.15, 0.2) is 53.3 Å². The zero-order chi connectivity index (χ0) is 20.5. The fourth-order valence-corrected chi connectivity index (χ4v) is 3.68. The molecule has 0 aliphatic rings. The van der Waals surface area contributed by atoms with Gasteiger partial charge in [-0.25, -0.2) is 4.98 Å². The molecule has 5 aromatic rings. The van der Waals surface area contributed by atoms with Crippen LogP contribution in [0.25, 0.3) is 33.5 Å². The summed E-state index contributed by atoms with van der Waals surface area (Å²) < 4.78 is 7.45. The van der Waals surface area contributed by atoms with E-state index in [0.717, 1.165) is 23.1 Å². The van der Waals surface area contributed by atoms with E-state index in [9.17, 15) is 4.79 Å². The van der Waals surface area contributed by atoms with Crippen LogP contribution in [-0.4, -0.2) is 35.8 Å². The number of H-pyrrole nitrogens is 1. The van der Waals surface area contributed by atoms with Crippen LogP contribution in [0.2, 0.25) is 0 Å². The summed E-state index contributed by atoms with van der Waals surface area (Å²) in [5, 5.41) is 15.5. The molecular formula is C21H19N7O2. The van der Waals surface area contributed by atoms with Gasteiger partial charge in [0, 0.05) is 46.9 Å². The van der Waals surface area contributed by atoms with Crippen LogP contribution in [0.1, 0.15) is 19.2 Å². The zero-order valence-electron chi connectivity index (χ0n) is 16.3. The maximum absolute atomic E-state index is 12.4. The van der Waals surface area contributed by atoms with E-state index >= 15 is 0 Å². The molecule has 3 aromatic heterocycles. The van der Waals surface area contributed by atoms with E-state index in [4.69, 9.17) is 4.52 Å². The van der Waals surface area contributed by atoms with Crippen LogP contribution in [0.5, 0.6) is 0 Å². The van der Waals surface area contributed by atoms with Gasteiger partial charge in [-0.15, -0.1) is 0 Å². The standard InChI is InChI=1S/C21H19N7O2/c1-2-28-16-6-4-3-5-14(16)15-11-13(7-8-17(15)28)24-18(29)9-10-19-25-21(27-30-19)20-22-12-23-26-20/h3-8,11-12H,2,9-10H2,1H3,(H,24,29)(H,22,23,26). The minimum atomic E-state index is -0.118. The fraction of sp³-hybridized carbons (Fsp3) is 0.190. The second-order valence-corrected chi connectivity index (χ2v) is 6.89. The number of aromatic nitrogens is 6. The van der Waals surface area contributed by atoms with E-state index in [1.807, 2.05) is 24.3 Å². The molecule has 0 atom stereocenters. The Balaban J connectivity index is 1.31. The number of aromatic amines is 1. The molecule has 0 radical (unpaired) electrons. The van der Waals surface area contributed by atoms with Crippen LogP contribution < -0.4 is 5.32 Å². The molecule has 5 rings (SSSR count). The molecule has 9 nitrogen and oxygen atoms in total. The number of nitrogens with one attached hydrogen (secondary N) is 2. The smallest absolute Gasteiger partial charge is 0.239 e. The van der Waals surface area contributed by atoms with Crippen molar-refractivity contribution in [2.24, 2.45) is 0 Å². The number of benzene rings is 2. The van der Waals surface area contributed by atoms with Crippen molar-refractivity contribution in [3.05, 3.63) is 54.7 Å². The van der Waals surface area contributed by atoms with E-state index in [1.54, 1.807) is 0 Å². The highest BCUT2D eigenvalue weighted by Gasteiger charge is 2.14. The van der Waals surface area contributed by atoms with Gasteiger partial charge in [0.15, 0.2) is 5.82 Å². The summed E-state index contributed by atoms with van der Waals surface area (Å²) >= 11 is 0. The Morgan fingerprint density at radius 1 is 1.17 bits per heavy atom. The molecule has 0 fully saturated rings. The normalized spacial score (nSPS) is 11.4. The molecule has 2 aromatic carbocycles. The van der Waals surface area contributed by atoms with Crippen LogP contribution in [-0.2, 0) is 17.8 Å². The molecule has 1 amide bonds. The minimum Gasteiger partial charge on any atom is -0.341 e. The number of amides is 1. The molecule has 0 bridgehead atoms. The average Bonchev–Trinajstić information content (AvgIpc) is 3.50. The molecule has 0 aliphatic heterocycles. The van der Waals surface area contributed by atoms with Crippen molar-refractivity contribution in [2.75, 3.05) is 5.32 Å². The number of fused-ring (bicyclic) bond motifs is 3. The Bertz CT molecular complexity index is 1330. The van der Waals surface area contributed by atoms with Crippen molar-refractivity contribution in [1.29, 1.82) is 0 Å². The third-order valence-electron chi connectivity index (χ3n) is 5.03. The van der Waals surface area contributed by atoms with Gasteiger partial charge >= 0.3 is 0 Å². The highest BCUT2D eigenvalue weighted by atomic mass is 16.5. The molecule has 0 saturated heterocycles. The monoisotopic (exact) mass is 401 g/mol. The van der Waals surface area contributed by atoms with Crippen molar-refractivity contribution in [3.8, 4) is 11.6 Å². The van der Waals surface area contributed by atoms with Crippen LogP contribution >= 0.6 is 0 Å². The average molecular weight is 401 g/mol. The van der Waals surface area contributed by atoms with E-state index in [0.29, 0.717) is 24.0 Å². The van der Waals surface area contributed by atoms with Crippen LogP contribution in [0, 0.1) is 0 Å². The highest BCUT2D eigenvalue weighted by molar-refractivity contribution is 6.09. The first kappa shape index (κ1) is 18.0. The van der Waals surface area contributed by atoms with Gasteiger partial charge in [0.2, 0.25) is 17.6 Å². The predicted molar refractivity (Wildman–Crippen MR) is 112 cm³/mol. The summed E-state index contributed by atoms with van der Waals surface area (Å²) in [5.41, 5.74) is 3.11. The second-order valence-electron chi connectivity index (χ2n) is 6.89. The number of carbonyl (C=O) groups is 1. The lowest BCUT2D eigenvalue weighted by molar-refractivity contribution is -0.116. The Morgan fingerprint density at radius 2 is 2.03 bits per heavy atom. The summed E-state index contributed by atoms with van der Waals surface area (Å²) in [4.78, 5) is 20.6. The molecule has 0 unspecified atom stereocenters. The predicted octanol–water partition coefficient (Wildman–Crippen LogP) is 3.55. The van der Waals surface area contributed by atoms with Gasteiger partial charge in [-0.2, -0.15) is 10.1 Å². The summed E-state index contributed by atoms with van der Waals surface area (Å²) in [7, 11) is 0. The third-order valence-corrected chi connectivity index (χ3v) is 5.03. The number of para-hydroxylation sites is 1. The third kappa shape index (κ3) is 3.20. The lowest BCUT2D eigenvalue weighted by atomic mass is 10.1. The molecule has 0 aliphatic carbocycles. The number of anilines is 1. The lowest BCUT2D eigenvalue weighted by Crippen LogP contribution is -2.12. The van der Waals surface area contributed by atoms with Gasteiger partial charge < -0.3 is 14.4 Å². The molecular weight excluding hydrogens is 382 g/mol. The summed E-state index contributed by atoms with van der Waals surface area (Å²) in [6.07, 6.45) is 1.94. The van der Waals surface area contributed by atoms with Gasteiger partial charge in [-0.1, -0.05) is 23.4 Å². The first-order valence-electron chi connectivity index (χ1n) is 9.72. The maximum atomic E-state index is 12.4. The topological polar surface area (TPSA) is 115 Å². The Labute approximate surface area is 171 Å². The molecule has 30 heavy (non-hydrogen) atoms. The number of aryl methyl sites for hydroxylation is 2. The highest BCUT2D eigenvalue weighted by Crippen LogP contribution is 2.31. The molecule has 9 heteroatoms. The van der Waals surface area contributed by atoms with Crippen LogP contribution in [0.4, 0.5) is 5.69 Å². The Kier molecular flexibility index (Phi) is 4.47. The Hall–Kier alpha value is -4.01. The lowest BCUT2D eigenvalue weighted by Gasteiger charge is -2.06. The summed E-state index contributed by atoms with van der Waals surface area (Å²) in [5.74, 6) is 1.00. The van der Waals surface area contributed by atoms with E-state index in [-0.39, 0.29) is 12.3 Å². The van der Waals surface area contributed by atoms with Gasteiger partial charge in [0.05, 0.1) is 0 Å². The molecule has 0 saturated carbocycles. The fourth-order valence-electron chi connectivity index (χ4n) is 3.68. The van der Waals surface area contributed by atoms with Gasteiger partial charge in [0.25, 0.3) is 0 Å². The van der Waals surface area contributed by atoms with E-state index < -0.39 is 0 Å². The minimum absolute atomic E-state index is 0.118. The Morgan fingerprint density at radius 3 is 2.87 bits per heavy atom. The molecule has 3 heterocycles. The van der Waals surface area contributed by atoms with Gasteiger partial charge in [-0.05, 0) is 31.2 Å². The summed E-state index contributed by atoms with van der Waals surface area (Å²) in [6, 6.07) is 14.3. The molecule has 0 spiro atoms. The first-order chi connectivity index (χ1) is 14.7. The zero-order valence-corrected chi connectivity index (χ0v) is 16.3. The van der Waals surface area contributed by atoms with Gasteiger partial charge in [0.1, 0.15) is 6.33 Å². The van der Waals surface area contributed by atoms with E-state index in [1.165, 1.54) is 17.2 Å². The number of carbonyl (C=O) groups excluding carboxylic acids is 1. The van der Waals surface area contributed by atoms with Crippen molar-refractivity contribution in [1.82, 2.24) is 29.9 Å². The number of nitrogens with zero attached hydrogens (tertiary/aromatic N) is 5. The second kappa shape index (κ2) is 7.43. The quantitative estimate of drug-likeness (QED) is 0.450. The van der Waals surface area contributed by atoms with Crippen molar-refractivity contribution < 1.29 is 9.32 Å². The van der Waals surface area contributed by atoms with Crippen molar-refractivity contribution >= 4 is 33.4 Å². The number of hydrogen-bond acceptors (Lipinski definition) is 6. The number of hydrogen-bond donors (Lipinski definition) is 2. The molecule has 150 valence electrons. The molecule has 2 N–H and O–H groups in total. The largest absolute Gasteiger partial charge is 0.341 e. The first-order valence-corrected chi connectivity index (χ1v) is 9.72. The maximum Gasteiger partial charge on any atom is 0.239 e. The van der Waals surface area contributed by atoms with E-state index in [2.05, 4.69) is 60.3 Å². The van der Waals surface area contributed by atoms with Crippen LogP contribution in [0.3, 0.4) is 0 Å². The van der Waals surface area contributed by atoms with Crippen molar-refractivity contribution in [3.63, 3.8) is 0 Å². The van der Waals surface area contributed by atoms with Crippen molar-refractivity contribution in [2.45, 2.75) is 26.3 Å². The number of rotatable bonds is 6. The van der Waals surface area contributed by atoms with Gasteiger partial charge in [-0.3, -0.25) is 9.89 Å².